The molecule has 0 saturated carbocycles. The van der Waals surface area contributed by atoms with Gasteiger partial charge in [0.25, 0.3) is 0 Å². The highest BCUT2D eigenvalue weighted by molar-refractivity contribution is 5.73. The number of ether oxygens (including phenoxy) is 1. The molecule has 1 aromatic carbocycles. The molecule has 0 aliphatic carbocycles. The summed E-state index contributed by atoms with van der Waals surface area (Å²) < 4.78 is 5.04. The van der Waals surface area contributed by atoms with Crippen molar-refractivity contribution < 1.29 is 4.74 Å². The zero-order valence-corrected chi connectivity index (χ0v) is 6.14. The molecule has 1 aromatic rings. The molecule has 58 valence electrons. The lowest BCUT2D eigenvalue weighted by Crippen LogP contribution is -2.19. The molecule has 11 heavy (non-hydrogen) atoms. The first-order valence-electron chi connectivity index (χ1n) is 3.35. The van der Waals surface area contributed by atoms with Crippen molar-refractivity contribution in [2.24, 2.45) is 0 Å². The lowest BCUT2D eigenvalue weighted by Gasteiger charge is -2.00. The van der Waals surface area contributed by atoms with Crippen LogP contribution < -0.4 is 21.1 Å². The Bertz CT molecular complexity index is 274. The fourth-order valence-electron chi connectivity index (χ4n) is 1.03. The highest BCUT2D eigenvalue weighted by atomic mass is 16.5. The first kappa shape index (κ1) is 6.30. The van der Waals surface area contributed by atoms with Gasteiger partial charge in [0.2, 0.25) is 0 Å². The van der Waals surface area contributed by atoms with Gasteiger partial charge in [0.1, 0.15) is 5.75 Å². The van der Waals surface area contributed by atoms with Crippen molar-refractivity contribution >= 4 is 11.4 Å². The molecule has 1 aliphatic rings. The molecule has 0 saturated heterocycles. The van der Waals surface area contributed by atoms with Gasteiger partial charge in [0.15, 0.2) is 0 Å². The summed E-state index contributed by atoms with van der Waals surface area (Å²) in [5, 5.41) is 0. The lowest BCUT2D eigenvalue weighted by atomic mass is 10.2. The van der Waals surface area contributed by atoms with Crippen molar-refractivity contribution in [3.8, 4) is 5.75 Å². The SMILES string of the molecule is COc1ccc2c(c1)NNN2. The number of benzene rings is 1. The fraction of sp³-hybridized carbons (Fsp3) is 0.143. The maximum Gasteiger partial charge on any atom is 0.121 e. The second kappa shape index (κ2) is 2.32. The third kappa shape index (κ3) is 0.969. The first-order valence-corrected chi connectivity index (χ1v) is 3.35. The van der Waals surface area contributed by atoms with Crippen LogP contribution in [0.1, 0.15) is 0 Å². The van der Waals surface area contributed by atoms with Gasteiger partial charge in [-0.2, -0.15) is 0 Å². The molecule has 0 atom stereocenters. The maximum absolute atomic E-state index is 5.04. The summed E-state index contributed by atoms with van der Waals surface area (Å²) >= 11 is 0. The molecule has 0 amide bonds. The van der Waals surface area contributed by atoms with Gasteiger partial charge < -0.3 is 15.6 Å². The van der Waals surface area contributed by atoms with Crippen molar-refractivity contribution in [2.45, 2.75) is 0 Å². The summed E-state index contributed by atoms with van der Waals surface area (Å²) in [6.07, 6.45) is 0. The van der Waals surface area contributed by atoms with E-state index in [1.54, 1.807) is 7.11 Å². The number of rotatable bonds is 1. The van der Waals surface area contributed by atoms with Crippen LogP contribution in [0.5, 0.6) is 5.75 Å². The van der Waals surface area contributed by atoms with Gasteiger partial charge in [-0.1, -0.05) is 0 Å². The number of hydrazine groups is 2. The van der Waals surface area contributed by atoms with E-state index in [0.29, 0.717) is 0 Å². The van der Waals surface area contributed by atoms with E-state index in [2.05, 4.69) is 16.4 Å². The van der Waals surface area contributed by atoms with Gasteiger partial charge in [-0.05, 0) is 12.1 Å². The van der Waals surface area contributed by atoms with Crippen LogP contribution in [0, 0.1) is 0 Å². The van der Waals surface area contributed by atoms with Gasteiger partial charge in [-0.3, -0.25) is 0 Å². The number of fused-ring (bicyclic) bond motifs is 1. The topological polar surface area (TPSA) is 45.3 Å². The van der Waals surface area contributed by atoms with Gasteiger partial charge in [-0.15, -0.1) is 5.53 Å². The Morgan fingerprint density at radius 3 is 2.82 bits per heavy atom. The predicted molar refractivity (Wildman–Crippen MR) is 43.4 cm³/mol. The molecule has 1 aliphatic heterocycles. The standard InChI is InChI=1S/C7H9N3O/c1-11-5-2-3-6-7(4-5)9-10-8-6/h2-4,8-10H,1H3. The number of hydrogen-bond acceptors (Lipinski definition) is 4. The maximum atomic E-state index is 5.04. The molecule has 4 heteroatoms. The van der Waals surface area contributed by atoms with Crippen LogP contribution in [0.3, 0.4) is 0 Å². The van der Waals surface area contributed by atoms with Gasteiger partial charge >= 0.3 is 0 Å². The zero-order chi connectivity index (χ0) is 7.68. The Hall–Kier alpha value is -1.42. The van der Waals surface area contributed by atoms with Crippen LogP contribution in [0.25, 0.3) is 0 Å². The van der Waals surface area contributed by atoms with Crippen molar-refractivity contribution in [1.29, 1.82) is 0 Å². The predicted octanol–water partition coefficient (Wildman–Crippen LogP) is 0.952. The molecule has 4 nitrogen and oxygen atoms in total. The molecule has 0 aromatic heterocycles. The Kier molecular flexibility index (Phi) is 1.33. The molecule has 3 N–H and O–H groups in total. The van der Waals surface area contributed by atoms with Crippen LogP contribution in [0.15, 0.2) is 18.2 Å². The van der Waals surface area contributed by atoms with E-state index < -0.39 is 0 Å². The molecule has 2 rings (SSSR count). The summed E-state index contributed by atoms with van der Waals surface area (Å²) in [4.78, 5) is 0. The molecular formula is C7H9N3O. The Morgan fingerprint density at radius 1 is 1.18 bits per heavy atom. The van der Waals surface area contributed by atoms with E-state index in [0.717, 1.165) is 17.1 Å². The summed E-state index contributed by atoms with van der Waals surface area (Å²) in [6, 6.07) is 5.77. The Morgan fingerprint density at radius 2 is 2.00 bits per heavy atom. The van der Waals surface area contributed by atoms with Gasteiger partial charge in [0, 0.05) is 6.07 Å². The van der Waals surface area contributed by atoms with Gasteiger partial charge in [-0.25, -0.2) is 0 Å². The second-order valence-corrected chi connectivity index (χ2v) is 2.29. The van der Waals surface area contributed by atoms with Crippen LogP contribution in [0.2, 0.25) is 0 Å². The number of methoxy groups -OCH3 is 1. The summed E-state index contributed by atoms with van der Waals surface area (Å²) in [6.45, 7) is 0. The average molecular weight is 151 g/mol. The zero-order valence-electron chi connectivity index (χ0n) is 6.14. The van der Waals surface area contributed by atoms with E-state index in [4.69, 9.17) is 4.74 Å². The van der Waals surface area contributed by atoms with Gasteiger partial charge in [0.05, 0.1) is 18.5 Å². The van der Waals surface area contributed by atoms with Crippen LogP contribution in [-0.2, 0) is 0 Å². The smallest absolute Gasteiger partial charge is 0.121 e. The van der Waals surface area contributed by atoms with E-state index in [1.165, 1.54) is 0 Å². The van der Waals surface area contributed by atoms with Crippen molar-refractivity contribution in [2.75, 3.05) is 18.0 Å². The highest BCUT2D eigenvalue weighted by Gasteiger charge is 2.07. The Balaban J connectivity index is 2.41. The second-order valence-electron chi connectivity index (χ2n) is 2.29. The molecule has 1 heterocycles. The van der Waals surface area contributed by atoms with E-state index >= 15 is 0 Å². The molecule has 0 spiro atoms. The highest BCUT2D eigenvalue weighted by Crippen LogP contribution is 2.28. The van der Waals surface area contributed by atoms with Crippen molar-refractivity contribution in [1.82, 2.24) is 5.53 Å². The van der Waals surface area contributed by atoms with E-state index in [9.17, 15) is 0 Å². The minimum absolute atomic E-state index is 0.849. The monoisotopic (exact) mass is 151 g/mol. The third-order valence-corrected chi connectivity index (χ3v) is 1.62. The summed E-state index contributed by atoms with van der Waals surface area (Å²) in [5.74, 6) is 0.849. The number of hydrogen-bond donors (Lipinski definition) is 3. The molecule has 0 fully saturated rings. The third-order valence-electron chi connectivity index (χ3n) is 1.62. The summed E-state index contributed by atoms with van der Waals surface area (Å²) in [5.41, 5.74) is 10.7. The van der Waals surface area contributed by atoms with E-state index in [-0.39, 0.29) is 0 Å². The Labute approximate surface area is 64.5 Å². The van der Waals surface area contributed by atoms with E-state index in [1.807, 2.05) is 18.2 Å². The molecule has 0 bridgehead atoms. The fourth-order valence-corrected chi connectivity index (χ4v) is 1.03. The number of nitrogens with one attached hydrogen (secondary N) is 3. The average Bonchev–Trinajstić information content (AvgIpc) is 2.50. The minimum Gasteiger partial charge on any atom is -0.497 e. The molecular weight excluding hydrogens is 142 g/mol. The van der Waals surface area contributed by atoms with Crippen molar-refractivity contribution in [3.05, 3.63) is 18.2 Å². The minimum atomic E-state index is 0.849. The lowest BCUT2D eigenvalue weighted by molar-refractivity contribution is 0.415. The van der Waals surface area contributed by atoms with Crippen LogP contribution in [0.4, 0.5) is 11.4 Å². The quantitative estimate of drug-likeness (QED) is 0.559. The normalized spacial score (nSPS) is 13.2. The molecule has 0 radical (unpaired) electrons. The van der Waals surface area contributed by atoms with Crippen LogP contribution in [-0.4, -0.2) is 7.11 Å². The summed E-state index contributed by atoms with van der Waals surface area (Å²) in [7, 11) is 1.65. The molecule has 0 unspecified atom stereocenters. The van der Waals surface area contributed by atoms with Crippen molar-refractivity contribution in [3.63, 3.8) is 0 Å². The van der Waals surface area contributed by atoms with Crippen LogP contribution >= 0.6 is 0 Å². The number of anilines is 2. The first-order chi connectivity index (χ1) is 5.40. The largest absolute Gasteiger partial charge is 0.497 e.